The van der Waals surface area contributed by atoms with E-state index < -0.39 is 10.0 Å². The van der Waals surface area contributed by atoms with E-state index in [1.54, 1.807) is 52.8 Å². The number of amides is 1. The van der Waals surface area contributed by atoms with Gasteiger partial charge in [0.1, 0.15) is 10.7 Å². The van der Waals surface area contributed by atoms with E-state index in [2.05, 4.69) is 9.88 Å². The standard InChI is InChI=1S/C30H33FN4O3S2/c1-23-13-19-39-27(23)21-34(20-24-9-11-26(31)12-10-24)29(36)22-35(18-17-33-15-2-3-16-33)40(37,38)28-8-4-6-25-7-5-14-32-30(25)28/h4-14,19H,2-3,15-18,20-22H2,1H3. The molecule has 0 N–H and O–H groups in total. The molecule has 10 heteroatoms. The predicted molar refractivity (Wildman–Crippen MR) is 156 cm³/mol. The highest BCUT2D eigenvalue weighted by Gasteiger charge is 2.31. The quantitative estimate of drug-likeness (QED) is 0.248. The van der Waals surface area contributed by atoms with Crippen LogP contribution < -0.4 is 0 Å². The highest BCUT2D eigenvalue weighted by molar-refractivity contribution is 7.89. The molecule has 4 aromatic rings. The van der Waals surface area contributed by atoms with Crippen LogP contribution in [0.3, 0.4) is 0 Å². The summed E-state index contributed by atoms with van der Waals surface area (Å²) in [4.78, 5) is 23.3. The van der Waals surface area contributed by atoms with Crippen molar-refractivity contribution in [1.29, 1.82) is 0 Å². The van der Waals surface area contributed by atoms with Gasteiger partial charge in [-0.2, -0.15) is 4.31 Å². The summed E-state index contributed by atoms with van der Waals surface area (Å²) in [5.74, 6) is -0.658. The van der Waals surface area contributed by atoms with Crippen LogP contribution >= 0.6 is 11.3 Å². The van der Waals surface area contributed by atoms with Crippen molar-refractivity contribution < 1.29 is 17.6 Å². The molecule has 2 aromatic carbocycles. The Morgan fingerprint density at radius 1 is 1.02 bits per heavy atom. The Labute approximate surface area is 238 Å². The van der Waals surface area contributed by atoms with E-state index in [9.17, 15) is 17.6 Å². The van der Waals surface area contributed by atoms with E-state index in [1.807, 2.05) is 30.5 Å². The topological polar surface area (TPSA) is 73.8 Å². The van der Waals surface area contributed by atoms with E-state index in [-0.39, 0.29) is 36.3 Å². The Balaban J connectivity index is 1.45. The molecule has 0 unspecified atom stereocenters. The fraction of sp³-hybridized carbons (Fsp3) is 0.333. The summed E-state index contributed by atoms with van der Waals surface area (Å²) in [6, 6.07) is 16.7. The number of rotatable bonds is 11. The molecule has 1 amide bonds. The maximum absolute atomic E-state index is 14.1. The van der Waals surface area contributed by atoms with Gasteiger partial charge in [-0.3, -0.25) is 9.78 Å². The zero-order valence-corrected chi connectivity index (χ0v) is 24.1. The number of carbonyl (C=O) groups excluding carboxylic acids is 1. The largest absolute Gasteiger partial charge is 0.332 e. The number of carbonyl (C=O) groups is 1. The second kappa shape index (κ2) is 12.6. The number of sulfonamides is 1. The first-order valence-corrected chi connectivity index (χ1v) is 15.7. The number of halogens is 1. The lowest BCUT2D eigenvalue weighted by molar-refractivity contribution is -0.132. The van der Waals surface area contributed by atoms with Crippen LogP contribution in [-0.4, -0.2) is 66.1 Å². The Bertz CT molecular complexity index is 1560. The van der Waals surface area contributed by atoms with Gasteiger partial charge >= 0.3 is 0 Å². The number of thiophene rings is 1. The summed E-state index contributed by atoms with van der Waals surface area (Å²) in [6.45, 7) is 4.87. The molecule has 1 aliphatic heterocycles. The molecular formula is C30H33FN4O3S2. The monoisotopic (exact) mass is 580 g/mol. The van der Waals surface area contributed by atoms with Crippen LogP contribution in [0.25, 0.3) is 10.9 Å². The fourth-order valence-electron chi connectivity index (χ4n) is 5.00. The van der Waals surface area contributed by atoms with Crippen molar-refractivity contribution in [3.05, 3.63) is 94.1 Å². The maximum Gasteiger partial charge on any atom is 0.245 e. The minimum atomic E-state index is -4.05. The van der Waals surface area contributed by atoms with Crippen molar-refractivity contribution in [2.24, 2.45) is 0 Å². The second-order valence-electron chi connectivity index (χ2n) is 10.1. The molecule has 1 aliphatic rings. The molecular weight excluding hydrogens is 547 g/mol. The average Bonchev–Trinajstić information content (AvgIpc) is 3.63. The molecule has 2 aromatic heterocycles. The van der Waals surface area contributed by atoms with E-state index in [0.717, 1.165) is 47.3 Å². The number of fused-ring (bicyclic) bond motifs is 1. The van der Waals surface area contributed by atoms with Gasteiger partial charge in [-0.1, -0.05) is 30.3 Å². The first-order valence-electron chi connectivity index (χ1n) is 13.4. The van der Waals surface area contributed by atoms with Crippen molar-refractivity contribution in [3.8, 4) is 0 Å². The van der Waals surface area contributed by atoms with Crippen molar-refractivity contribution in [2.75, 3.05) is 32.7 Å². The minimum Gasteiger partial charge on any atom is -0.332 e. The number of hydrogen-bond acceptors (Lipinski definition) is 6. The van der Waals surface area contributed by atoms with Crippen molar-refractivity contribution >= 4 is 38.2 Å². The Hall–Kier alpha value is -3.18. The van der Waals surface area contributed by atoms with Gasteiger partial charge in [-0.05, 0) is 79.7 Å². The number of hydrogen-bond donors (Lipinski definition) is 0. The normalized spacial score (nSPS) is 14.3. The van der Waals surface area contributed by atoms with Gasteiger partial charge in [-0.15, -0.1) is 11.3 Å². The summed E-state index contributed by atoms with van der Waals surface area (Å²) >= 11 is 1.56. The van der Waals surface area contributed by atoms with Gasteiger partial charge in [0.2, 0.25) is 15.9 Å². The van der Waals surface area contributed by atoms with Gasteiger partial charge in [0, 0.05) is 36.1 Å². The summed E-state index contributed by atoms with van der Waals surface area (Å²) in [5, 5.41) is 2.70. The summed E-state index contributed by atoms with van der Waals surface area (Å²) in [6.07, 6.45) is 3.75. The third-order valence-electron chi connectivity index (χ3n) is 7.33. The highest BCUT2D eigenvalue weighted by Crippen LogP contribution is 2.25. The van der Waals surface area contributed by atoms with Crippen LogP contribution in [0.5, 0.6) is 0 Å². The average molecular weight is 581 g/mol. The van der Waals surface area contributed by atoms with Crippen molar-refractivity contribution in [3.63, 3.8) is 0 Å². The number of aryl methyl sites for hydroxylation is 1. The van der Waals surface area contributed by atoms with E-state index in [0.29, 0.717) is 18.6 Å². The SMILES string of the molecule is Cc1ccsc1CN(Cc1ccc(F)cc1)C(=O)CN(CCN1CCCC1)S(=O)(=O)c1cccc2cccnc12. The maximum atomic E-state index is 14.1. The van der Waals surface area contributed by atoms with Gasteiger partial charge < -0.3 is 9.80 Å². The van der Waals surface area contributed by atoms with Crippen LogP contribution in [-0.2, 0) is 27.9 Å². The third kappa shape index (κ3) is 6.58. The summed E-state index contributed by atoms with van der Waals surface area (Å²) < 4.78 is 43.1. The van der Waals surface area contributed by atoms with Crippen molar-refractivity contribution in [1.82, 2.24) is 19.1 Å². The zero-order chi connectivity index (χ0) is 28.1. The first kappa shape index (κ1) is 28.4. The van der Waals surface area contributed by atoms with Gasteiger partial charge in [-0.25, -0.2) is 12.8 Å². The Morgan fingerprint density at radius 2 is 1.77 bits per heavy atom. The molecule has 0 spiro atoms. The summed E-state index contributed by atoms with van der Waals surface area (Å²) in [5.41, 5.74) is 2.23. The fourth-order valence-corrected chi connectivity index (χ4v) is 7.47. The lowest BCUT2D eigenvalue weighted by Crippen LogP contribution is -2.45. The highest BCUT2D eigenvalue weighted by atomic mass is 32.2. The van der Waals surface area contributed by atoms with Crippen LogP contribution in [0.15, 0.2) is 77.1 Å². The minimum absolute atomic E-state index is 0.0963. The number of para-hydroxylation sites is 1. The molecule has 0 atom stereocenters. The third-order valence-corrected chi connectivity index (χ3v) is 10.2. The van der Waals surface area contributed by atoms with Gasteiger partial charge in [0.05, 0.1) is 18.6 Å². The van der Waals surface area contributed by atoms with Crippen LogP contribution in [0.1, 0.15) is 28.8 Å². The molecule has 0 bridgehead atoms. The van der Waals surface area contributed by atoms with Gasteiger partial charge in [0.15, 0.2) is 0 Å². The van der Waals surface area contributed by atoms with Crippen LogP contribution in [0, 0.1) is 12.7 Å². The molecule has 210 valence electrons. The van der Waals surface area contributed by atoms with Crippen molar-refractivity contribution in [2.45, 2.75) is 37.8 Å². The molecule has 40 heavy (non-hydrogen) atoms. The van der Waals surface area contributed by atoms with E-state index in [1.165, 1.54) is 16.4 Å². The second-order valence-corrected chi connectivity index (χ2v) is 13.0. The Kier molecular flexibility index (Phi) is 8.90. The number of pyridine rings is 1. The lowest BCUT2D eigenvalue weighted by atomic mass is 10.2. The van der Waals surface area contributed by atoms with Crippen LogP contribution in [0.2, 0.25) is 0 Å². The molecule has 7 nitrogen and oxygen atoms in total. The smallest absolute Gasteiger partial charge is 0.245 e. The predicted octanol–water partition coefficient (Wildman–Crippen LogP) is 5.06. The lowest BCUT2D eigenvalue weighted by Gasteiger charge is -2.29. The van der Waals surface area contributed by atoms with Crippen LogP contribution in [0.4, 0.5) is 4.39 Å². The number of likely N-dealkylation sites (tertiary alicyclic amines) is 1. The number of benzene rings is 2. The molecule has 1 fully saturated rings. The van der Waals surface area contributed by atoms with Gasteiger partial charge in [0.25, 0.3) is 0 Å². The first-order chi connectivity index (χ1) is 19.3. The Morgan fingerprint density at radius 3 is 2.50 bits per heavy atom. The zero-order valence-electron chi connectivity index (χ0n) is 22.5. The molecule has 0 saturated carbocycles. The molecule has 1 saturated heterocycles. The number of aromatic nitrogens is 1. The molecule has 5 rings (SSSR count). The molecule has 0 aliphatic carbocycles. The summed E-state index contributed by atoms with van der Waals surface area (Å²) in [7, 11) is -4.05. The molecule has 3 heterocycles. The number of nitrogens with zero attached hydrogens (tertiary/aromatic N) is 4. The molecule has 0 radical (unpaired) electrons. The van der Waals surface area contributed by atoms with E-state index >= 15 is 0 Å². The van der Waals surface area contributed by atoms with E-state index in [4.69, 9.17) is 0 Å².